The molecule has 0 saturated carbocycles. The van der Waals surface area contributed by atoms with Gasteiger partial charge in [-0.25, -0.2) is 0 Å². The van der Waals surface area contributed by atoms with E-state index < -0.39 is 0 Å². The molecule has 3 aromatic rings. The number of fused-ring (bicyclic) bond motifs is 1. The van der Waals surface area contributed by atoms with Gasteiger partial charge in [0.1, 0.15) is 16.5 Å². The third-order valence-corrected chi connectivity index (χ3v) is 4.33. The first-order valence-electron chi connectivity index (χ1n) is 5.44. The fourth-order valence-electron chi connectivity index (χ4n) is 1.64. The molecule has 0 unspecified atom stereocenters. The summed E-state index contributed by atoms with van der Waals surface area (Å²) in [5.41, 5.74) is 0.865. The van der Waals surface area contributed by atoms with E-state index in [-0.39, 0.29) is 0 Å². The molecule has 2 heterocycles. The quantitative estimate of drug-likeness (QED) is 0.673. The van der Waals surface area contributed by atoms with Crippen molar-refractivity contribution in [2.24, 2.45) is 0 Å². The van der Waals surface area contributed by atoms with Gasteiger partial charge < -0.3 is 0 Å². The standard InChI is InChI=1S/C12H8Cl2N4S/c1-7-10(14)17-12-15-6-16-18(12)11(7)19-9-4-2-3-8(13)5-9/h2-6H,1H3. The van der Waals surface area contributed by atoms with Gasteiger partial charge in [-0.3, -0.25) is 0 Å². The van der Waals surface area contributed by atoms with E-state index in [1.807, 2.05) is 31.2 Å². The second-order valence-corrected chi connectivity index (χ2v) is 5.72. The highest BCUT2D eigenvalue weighted by molar-refractivity contribution is 7.99. The third kappa shape index (κ3) is 2.41. The second kappa shape index (κ2) is 5.00. The van der Waals surface area contributed by atoms with Gasteiger partial charge in [0, 0.05) is 15.5 Å². The molecule has 0 atom stereocenters. The van der Waals surface area contributed by atoms with Gasteiger partial charge in [0.15, 0.2) is 0 Å². The maximum Gasteiger partial charge on any atom is 0.254 e. The topological polar surface area (TPSA) is 43.1 Å². The molecule has 0 bridgehead atoms. The second-order valence-electron chi connectivity index (χ2n) is 3.86. The number of rotatable bonds is 2. The van der Waals surface area contributed by atoms with Crippen LogP contribution < -0.4 is 0 Å². The number of halogens is 2. The fourth-order valence-corrected chi connectivity index (χ4v) is 3.13. The minimum absolute atomic E-state index is 0.435. The van der Waals surface area contributed by atoms with Crippen molar-refractivity contribution in [2.75, 3.05) is 0 Å². The Morgan fingerprint density at radius 1 is 1.26 bits per heavy atom. The van der Waals surface area contributed by atoms with Crippen LogP contribution in [-0.2, 0) is 0 Å². The fraction of sp³-hybridized carbons (Fsp3) is 0.0833. The van der Waals surface area contributed by atoms with Crippen molar-refractivity contribution >= 4 is 40.7 Å². The molecule has 1 aromatic carbocycles. The molecule has 0 aliphatic rings. The lowest BCUT2D eigenvalue weighted by molar-refractivity contribution is 0.825. The first kappa shape index (κ1) is 12.7. The molecule has 0 amide bonds. The zero-order valence-corrected chi connectivity index (χ0v) is 12.2. The summed E-state index contributed by atoms with van der Waals surface area (Å²) in [6.07, 6.45) is 1.46. The molecule has 0 fully saturated rings. The van der Waals surface area contributed by atoms with Crippen molar-refractivity contribution in [3.8, 4) is 0 Å². The Morgan fingerprint density at radius 2 is 2.11 bits per heavy atom. The molecule has 0 radical (unpaired) electrons. The smallest absolute Gasteiger partial charge is 0.199 e. The lowest BCUT2D eigenvalue weighted by Crippen LogP contribution is -1.99. The Morgan fingerprint density at radius 3 is 2.89 bits per heavy atom. The van der Waals surface area contributed by atoms with Crippen LogP contribution in [0.5, 0.6) is 0 Å². The minimum atomic E-state index is 0.435. The average Bonchev–Trinajstić information content (AvgIpc) is 2.83. The molecule has 0 aliphatic carbocycles. The van der Waals surface area contributed by atoms with Crippen molar-refractivity contribution in [3.63, 3.8) is 0 Å². The average molecular weight is 311 g/mol. The number of nitrogens with zero attached hydrogens (tertiary/aromatic N) is 4. The molecule has 4 nitrogen and oxygen atoms in total. The SMILES string of the molecule is Cc1c(Cl)nc2ncnn2c1Sc1cccc(Cl)c1. The van der Waals surface area contributed by atoms with Gasteiger partial charge in [0.05, 0.1) is 0 Å². The van der Waals surface area contributed by atoms with Gasteiger partial charge in [-0.1, -0.05) is 41.0 Å². The van der Waals surface area contributed by atoms with Crippen LogP contribution >= 0.6 is 35.0 Å². The van der Waals surface area contributed by atoms with Gasteiger partial charge in [-0.05, 0) is 25.1 Å². The number of hydrogen-bond acceptors (Lipinski definition) is 4. The molecular formula is C12H8Cl2N4S. The van der Waals surface area contributed by atoms with E-state index in [4.69, 9.17) is 23.2 Å². The Kier molecular flexibility index (Phi) is 3.35. The van der Waals surface area contributed by atoms with Gasteiger partial charge in [0.2, 0.25) is 0 Å². The summed E-state index contributed by atoms with van der Waals surface area (Å²) in [7, 11) is 0. The molecule has 0 spiro atoms. The minimum Gasteiger partial charge on any atom is -0.199 e. The van der Waals surface area contributed by atoms with Crippen molar-refractivity contribution in [3.05, 3.63) is 46.3 Å². The van der Waals surface area contributed by atoms with E-state index in [0.717, 1.165) is 15.5 Å². The number of benzene rings is 1. The maximum atomic E-state index is 6.12. The summed E-state index contributed by atoms with van der Waals surface area (Å²) in [4.78, 5) is 9.24. The van der Waals surface area contributed by atoms with E-state index in [9.17, 15) is 0 Å². The Balaban J connectivity index is 2.14. The predicted octanol–water partition coefficient (Wildman–Crippen LogP) is 3.89. The zero-order chi connectivity index (χ0) is 13.4. The normalized spacial score (nSPS) is 11.1. The van der Waals surface area contributed by atoms with Crippen molar-refractivity contribution in [2.45, 2.75) is 16.8 Å². The molecule has 96 valence electrons. The highest BCUT2D eigenvalue weighted by atomic mass is 35.5. The van der Waals surface area contributed by atoms with E-state index >= 15 is 0 Å². The number of aromatic nitrogens is 4. The van der Waals surface area contributed by atoms with Gasteiger partial charge in [-0.15, -0.1) is 0 Å². The summed E-state index contributed by atoms with van der Waals surface area (Å²) >= 11 is 13.6. The lowest BCUT2D eigenvalue weighted by atomic mass is 10.4. The maximum absolute atomic E-state index is 6.12. The van der Waals surface area contributed by atoms with Crippen LogP contribution in [0.2, 0.25) is 10.2 Å². The largest absolute Gasteiger partial charge is 0.254 e. The molecule has 7 heteroatoms. The first-order chi connectivity index (χ1) is 9.15. The summed E-state index contributed by atoms with van der Waals surface area (Å²) in [6.45, 7) is 1.91. The third-order valence-electron chi connectivity index (χ3n) is 2.56. The lowest BCUT2D eigenvalue weighted by Gasteiger charge is -2.08. The van der Waals surface area contributed by atoms with Crippen molar-refractivity contribution in [1.82, 2.24) is 19.6 Å². The first-order valence-corrected chi connectivity index (χ1v) is 7.01. The van der Waals surface area contributed by atoms with Crippen LogP contribution in [0.4, 0.5) is 0 Å². The van der Waals surface area contributed by atoms with E-state index in [2.05, 4.69) is 15.1 Å². The molecule has 0 N–H and O–H groups in total. The highest BCUT2D eigenvalue weighted by Crippen LogP contribution is 2.33. The molecule has 0 saturated heterocycles. The Hall–Kier alpha value is -1.30. The van der Waals surface area contributed by atoms with E-state index in [0.29, 0.717) is 16.0 Å². The Labute approximate surface area is 123 Å². The van der Waals surface area contributed by atoms with Gasteiger partial charge in [-0.2, -0.15) is 19.6 Å². The summed E-state index contributed by atoms with van der Waals surface area (Å²) in [5, 5.41) is 6.18. The summed E-state index contributed by atoms with van der Waals surface area (Å²) < 4.78 is 1.67. The predicted molar refractivity (Wildman–Crippen MR) is 76.1 cm³/mol. The highest BCUT2D eigenvalue weighted by Gasteiger charge is 2.13. The van der Waals surface area contributed by atoms with Gasteiger partial charge >= 0.3 is 0 Å². The monoisotopic (exact) mass is 310 g/mol. The van der Waals surface area contributed by atoms with Crippen LogP contribution in [0.3, 0.4) is 0 Å². The summed E-state index contributed by atoms with van der Waals surface area (Å²) in [6, 6.07) is 7.61. The zero-order valence-electron chi connectivity index (χ0n) is 9.84. The molecule has 3 rings (SSSR count). The van der Waals surface area contributed by atoms with Crippen LogP contribution in [0.1, 0.15) is 5.56 Å². The Bertz CT molecular complexity index is 757. The van der Waals surface area contributed by atoms with Crippen molar-refractivity contribution in [1.29, 1.82) is 0 Å². The number of hydrogen-bond donors (Lipinski definition) is 0. The van der Waals surface area contributed by atoms with E-state index in [1.165, 1.54) is 18.1 Å². The van der Waals surface area contributed by atoms with Crippen LogP contribution in [0.25, 0.3) is 5.78 Å². The van der Waals surface area contributed by atoms with Crippen molar-refractivity contribution < 1.29 is 0 Å². The molecule has 19 heavy (non-hydrogen) atoms. The van der Waals surface area contributed by atoms with E-state index in [1.54, 1.807) is 4.52 Å². The molecule has 2 aromatic heterocycles. The molecular weight excluding hydrogens is 303 g/mol. The molecule has 0 aliphatic heterocycles. The van der Waals surface area contributed by atoms with Crippen LogP contribution in [-0.4, -0.2) is 19.6 Å². The van der Waals surface area contributed by atoms with Crippen LogP contribution in [0.15, 0.2) is 40.5 Å². The summed E-state index contributed by atoms with van der Waals surface area (Å²) in [5.74, 6) is 0.486. The van der Waals surface area contributed by atoms with Gasteiger partial charge in [0.25, 0.3) is 5.78 Å². The van der Waals surface area contributed by atoms with Crippen LogP contribution in [0, 0.1) is 6.92 Å².